The number of hydrogen-bond acceptors (Lipinski definition) is 5. The van der Waals surface area contributed by atoms with Gasteiger partial charge in [0.1, 0.15) is 0 Å². The van der Waals surface area contributed by atoms with Crippen LogP contribution >= 0.6 is 0 Å². The van der Waals surface area contributed by atoms with E-state index < -0.39 is 10.0 Å². The molecular weight excluding hydrogens is 266 g/mol. The first-order valence-electron chi connectivity index (χ1n) is 5.55. The van der Waals surface area contributed by atoms with Gasteiger partial charge in [-0.1, -0.05) is 0 Å². The van der Waals surface area contributed by atoms with Gasteiger partial charge in [-0.15, -0.1) is 0 Å². The van der Waals surface area contributed by atoms with E-state index in [1.54, 1.807) is 18.5 Å². The number of nitrogens with two attached hydrogens (primary N) is 2. The molecule has 7 nitrogen and oxygen atoms in total. The molecule has 1 aromatic carbocycles. The molecule has 1 aromatic heterocycles. The summed E-state index contributed by atoms with van der Waals surface area (Å²) in [6.45, 7) is 1.94. The monoisotopic (exact) mass is 281 g/mol. The molecule has 1 atom stereocenters. The van der Waals surface area contributed by atoms with Crippen molar-refractivity contribution >= 4 is 21.4 Å². The van der Waals surface area contributed by atoms with Crippen LogP contribution in [-0.4, -0.2) is 18.6 Å². The van der Waals surface area contributed by atoms with Gasteiger partial charge in [-0.2, -0.15) is 5.10 Å². The average molecular weight is 281 g/mol. The molecule has 102 valence electrons. The molecule has 0 amide bonds. The molecule has 2 rings (SSSR count). The maximum atomic E-state index is 11.2. The zero-order valence-electron chi connectivity index (χ0n) is 10.3. The zero-order chi connectivity index (χ0) is 14.0. The van der Waals surface area contributed by atoms with Crippen molar-refractivity contribution in [3.05, 3.63) is 36.2 Å². The van der Waals surface area contributed by atoms with Crippen molar-refractivity contribution in [2.24, 2.45) is 5.14 Å². The Labute approximate surface area is 111 Å². The molecule has 0 bridgehead atoms. The largest absolute Gasteiger partial charge is 0.397 e. The zero-order valence-corrected chi connectivity index (χ0v) is 11.1. The van der Waals surface area contributed by atoms with Gasteiger partial charge >= 0.3 is 0 Å². The average Bonchev–Trinajstić information content (AvgIpc) is 2.84. The lowest BCUT2D eigenvalue weighted by Crippen LogP contribution is -2.13. The molecule has 19 heavy (non-hydrogen) atoms. The topological polar surface area (TPSA) is 127 Å². The molecular formula is C11H15N5O2S. The predicted octanol–water partition coefficient (Wildman–Crippen LogP) is 0.812. The molecule has 8 heteroatoms. The van der Waals surface area contributed by atoms with Gasteiger partial charge in [-0.25, -0.2) is 13.6 Å². The molecule has 6 N–H and O–H groups in total. The van der Waals surface area contributed by atoms with Crippen LogP contribution in [0, 0.1) is 0 Å². The number of hydrogen-bond donors (Lipinski definition) is 4. The maximum Gasteiger partial charge on any atom is 0.238 e. The van der Waals surface area contributed by atoms with E-state index in [0.29, 0.717) is 11.4 Å². The fourth-order valence-corrected chi connectivity index (χ4v) is 2.21. The lowest BCUT2D eigenvalue weighted by Gasteiger charge is -2.15. The number of rotatable bonds is 4. The van der Waals surface area contributed by atoms with Crippen molar-refractivity contribution in [2.45, 2.75) is 17.9 Å². The molecule has 1 unspecified atom stereocenters. The number of H-pyrrole nitrogens is 1. The normalized spacial score (nSPS) is 13.2. The van der Waals surface area contributed by atoms with Crippen molar-refractivity contribution in [1.29, 1.82) is 0 Å². The van der Waals surface area contributed by atoms with Crippen LogP contribution in [0.3, 0.4) is 0 Å². The highest BCUT2D eigenvalue weighted by Gasteiger charge is 2.12. The molecule has 2 aromatic rings. The Morgan fingerprint density at radius 1 is 1.42 bits per heavy atom. The highest BCUT2D eigenvalue weighted by Crippen LogP contribution is 2.25. The van der Waals surface area contributed by atoms with Gasteiger partial charge in [-0.05, 0) is 25.1 Å². The highest BCUT2D eigenvalue weighted by molar-refractivity contribution is 7.89. The lowest BCUT2D eigenvalue weighted by atomic mass is 10.1. The van der Waals surface area contributed by atoms with Crippen LogP contribution in [-0.2, 0) is 10.0 Å². The van der Waals surface area contributed by atoms with Gasteiger partial charge in [0.15, 0.2) is 0 Å². The first kappa shape index (κ1) is 13.4. The number of nitrogens with one attached hydrogen (secondary N) is 2. The molecule has 1 heterocycles. The number of aromatic nitrogens is 2. The number of benzene rings is 1. The Balaban J connectivity index is 2.23. The fourth-order valence-electron chi connectivity index (χ4n) is 1.66. The van der Waals surface area contributed by atoms with E-state index in [0.717, 1.165) is 5.56 Å². The summed E-state index contributed by atoms with van der Waals surface area (Å²) in [4.78, 5) is -0.00786. The lowest BCUT2D eigenvalue weighted by molar-refractivity contribution is 0.598. The van der Waals surface area contributed by atoms with Crippen molar-refractivity contribution in [3.63, 3.8) is 0 Å². The Kier molecular flexibility index (Phi) is 3.45. The minimum absolute atomic E-state index is 0.00786. The summed E-state index contributed by atoms with van der Waals surface area (Å²) in [5.41, 5.74) is 7.74. The van der Waals surface area contributed by atoms with E-state index in [9.17, 15) is 8.42 Å². The molecule has 0 saturated heterocycles. The van der Waals surface area contributed by atoms with E-state index in [4.69, 9.17) is 10.9 Å². The fraction of sp³-hybridized carbons (Fsp3) is 0.182. The van der Waals surface area contributed by atoms with Crippen LogP contribution < -0.4 is 16.2 Å². The van der Waals surface area contributed by atoms with Crippen molar-refractivity contribution in [2.75, 3.05) is 11.1 Å². The second-order valence-electron chi connectivity index (χ2n) is 4.19. The molecule has 0 radical (unpaired) electrons. The first-order chi connectivity index (χ1) is 8.88. The van der Waals surface area contributed by atoms with Crippen molar-refractivity contribution in [1.82, 2.24) is 10.2 Å². The van der Waals surface area contributed by atoms with Crippen LogP contribution in [0.1, 0.15) is 18.5 Å². The van der Waals surface area contributed by atoms with Gasteiger partial charge in [0, 0.05) is 11.8 Å². The Morgan fingerprint density at radius 3 is 2.68 bits per heavy atom. The van der Waals surface area contributed by atoms with Crippen LogP contribution in [0.5, 0.6) is 0 Å². The van der Waals surface area contributed by atoms with E-state index in [1.165, 1.54) is 12.1 Å². The van der Waals surface area contributed by atoms with E-state index in [2.05, 4.69) is 15.5 Å². The molecule has 0 spiro atoms. The van der Waals surface area contributed by atoms with Gasteiger partial charge < -0.3 is 11.1 Å². The van der Waals surface area contributed by atoms with Gasteiger partial charge in [0.25, 0.3) is 0 Å². The first-order valence-corrected chi connectivity index (χ1v) is 7.10. The minimum Gasteiger partial charge on any atom is -0.397 e. The molecule has 0 aliphatic carbocycles. The summed E-state index contributed by atoms with van der Waals surface area (Å²) < 4.78 is 22.4. The van der Waals surface area contributed by atoms with Crippen LogP contribution in [0.2, 0.25) is 0 Å². The number of sulfonamides is 1. The van der Waals surface area contributed by atoms with Crippen LogP contribution in [0.4, 0.5) is 11.4 Å². The van der Waals surface area contributed by atoms with E-state index in [-0.39, 0.29) is 10.9 Å². The number of nitrogens with zero attached hydrogens (tertiary/aromatic N) is 1. The molecule has 0 aliphatic rings. The third kappa shape index (κ3) is 3.04. The van der Waals surface area contributed by atoms with Crippen LogP contribution in [0.15, 0.2) is 35.5 Å². The quantitative estimate of drug-likeness (QED) is 0.617. The van der Waals surface area contributed by atoms with Gasteiger partial charge in [0.2, 0.25) is 10.0 Å². The molecule has 0 aliphatic heterocycles. The second kappa shape index (κ2) is 4.90. The number of anilines is 2. The van der Waals surface area contributed by atoms with Crippen molar-refractivity contribution in [3.8, 4) is 0 Å². The molecule has 0 saturated carbocycles. The third-order valence-corrected chi connectivity index (χ3v) is 3.65. The highest BCUT2D eigenvalue weighted by atomic mass is 32.2. The molecule has 0 fully saturated rings. The van der Waals surface area contributed by atoms with E-state index in [1.807, 2.05) is 6.92 Å². The van der Waals surface area contributed by atoms with Gasteiger partial charge in [-0.3, -0.25) is 5.10 Å². The summed E-state index contributed by atoms with van der Waals surface area (Å²) in [6, 6.07) is 4.32. The Hall–Kier alpha value is -2.06. The minimum atomic E-state index is -3.74. The second-order valence-corrected chi connectivity index (χ2v) is 5.75. The Morgan fingerprint density at radius 2 is 2.16 bits per heavy atom. The predicted molar refractivity (Wildman–Crippen MR) is 72.9 cm³/mol. The van der Waals surface area contributed by atoms with Crippen molar-refractivity contribution < 1.29 is 8.42 Å². The van der Waals surface area contributed by atoms with Crippen LogP contribution in [0.25, 0.3) is 0 Å². The third-order valence-electron chi connectivity index (χ3n) is 2.74. The smallest absolute Gasteiger partial charge is 0.238 e. The standard InChI is InChI=1S/C11H15N5O2S/c1-7(8-5-14-15-6-8)16-11-3-2-9(4-10(11)12)19(13,17)18/h2-7,16H,12H2,1H3,(H,14,15)(H2,13,17,18). The number of nitrogen functional groups attached to an aromatic ring is 1. The summed E-state index contributed by atoms with van der Waals surface area (Å²) in [5.74, 6) is 0. The summed E-state index contributed by atoms with van der Waals surface area (Å²) in [7, 11) is -3.74. The Bertz CT molecular complexity index is 666. The van der Waals surface area contributed by atoms with Gasteiger partial charge in [0.05, 0.1) is 28.5 Å². The maximum absolute atomic E-state index is 11.2. The van der Waals surface area contributed by atoms with E-state index >= 15 is 0 Å². The SMILES string of the molecule is CC(Nc1ccc(S(N)(=O)=O)cc1N)c1cn[nH]c1. The number of aromatic amines is 1. The number of primary sulfonamides is 1. The summed E-state index contributed by atoms with van der Waals surface area (Å²) in [5, 5.41) is 14.8. The summed E-state index contributed by atoms with van der Waals surface area (Å²) in [6.07, 6.45) is 3.47. The summed E-state index contributed by atoms with van der Waals surface area (Å²) >= 11 is 0.